The van der Waals surface area contributed by atoms with Crippen molar-refractivity contribution in [2.24, 2.45) is 5.92 Å². The molecule has 2 heteroatoms. The van der Waals surface area contributed by atoms with E-state index >= 15 is 0 Å². The summed E-state index contributed by atoms with van der Waals surface area (Å²) in [6.07, 6.45) is 4.61. The molecule has 0 amide bonds. The van der Waals surface area contributed by atoms with Crippen LogP contribution in [0.1, 0.15) is 28.8 Å². The SMILES string of the molecule is CN1CCC(Cc2cccc(C=O)c2)CC1. The molecule has 0 radical (unpaired) electrons. The third-order valence-corrected chi connectivity index (χ3v) is 3.45. The highest BCUT2D eigenvalue weighted by Crippen LogP contribution is 2.21. The zero-order valence-corrected chi connectivity index (χ0v) is 9.86. The van der Waals surface area contributed by atoms with Gasteiger partial charge in [0.2, 0.25) is 0 Å². The minimum Gasteiger partial charge on any atom is -0.306 e. The van der Waals surface area contributed by atoms with Crippen LogP contribution in [-0.4, -0.2) is 31.3 Å². The Morgan fingerprint density at radius 3 is 2.81 bits per heavy atom. The van der Waals surface area contributed by atoms with Crippen LogP contribution in [0.2, 0.25) is 0 Å². The average Bonchev–Trinajstić information content (AvgIpc) is 2.32. The van der Waals surface area contributed by atoms with Crippen molar-refractivity contribution in [2.75, 3.05) is 20.1 Å². The zero-order chi connectivity index (χ0) is 11.4. The molecule has 1 aliphatic heterocycles. The van der Waals surface area contributed by atoms with Gasteiger partial charge < -0.3 is 4.90 Å². The molecule has 0 unspecified atom stereocenters. The van der Waals surface area contributed by atoms with Crippen molar-refractivity contribution in [3.63, 3.8) is 0 Å². The van der Waals surface area contributed by atoms with Crippen molar-refractivity contribution in [3.05, 3.63) is 35.4 Å². The van der Waals surface area contributed by atoms with E-state index in [9.17, 15) is 4.79 Å². The predicted molar refractivity (Wildman–Crippen MR) is 65.8 cm³/mol. The quantitative estimate of drug-likeness (QED) is 0.725. The third-order valence-electron chi connectivity index (χ3n) is 3.45. The van der Waals surface area contributed by atoms with Crippen LogP contribution in [0.15, 0.2) is 24.3 Å². The van der Waals surface area contributed by atoms with Crippen LogP contribution in [0.5, 0.6) is 0 Å². The number of nitrogens with zero attached hydrogens (tertiary/aromatic N) is 1. The van der Waals surface area contributed by atoms with Crippen molar-refractivity contribution < 1.29 is 4.79 Å². The van der Waals surface area contributed by atoms with E-state index < -0.39 is 0 Å². The number of likely N-dealkylation sites (tertiary alicyclic amines) is 1. The minimum absolute atomic E-state index is 0.790. The molecule has 2 nitrogen and oxygen atoms in total. The van der Waals surface area contributed by atoms with E-state index in [1.54, 1.807) is 0 Å². The molecule has 1 aliphatic rings. The van der Waals surface area contributed by atoms with E-state index in [4.69, 9.17) is 0 Å². The molecule has 1 fully saturated rings. The van der Waals surface area contributed by atoms with Gasteiger partial charge in [0.15, 0.2) is 0 Å². The summed E-state index contributed by atoms with van der Waals surface area (Å²) in [6.45, 7) is 2.41. The summed E-state index contributed by atoms with van der Waals surface area (Å²) in [5.74, 6) is 0.790. The van der Waals surface area contributed by atoms with Gasteiger partial charge in [-0.2, -0.15) is 0 Å². The van der Waals surface area contributed by atoms with E-state index in [0.717, 1.165) is 24.2 Å². The van der Waals surface area contributed by atoms with Gasteiger partial charge in [-0.15, -0.1) is 0 Å². The van der Waals surface area contributed by atoms with Crippen LogP contribution in [0.25, 0.3) is 0 Å². The summed E-state index contributed by atoms with van der Waals surface area (Å²) in [6, 6.07) is 8.00. The van der Waals surface area contributed by atoms with Crippen LogP contribution >= 0.6 is 0 Å². The standard InChI is InChI=1S/C14H19NO/c1-15-7-5-12(6-8-15)9-13-3-2-4-14(10-13)11-16/h2-4,10-12H,5-9H2,1H3. The maximum absolute atomic E-state index is 10.7. The molecule has 0 aromatic heterocycles. The Labute approximate surface area is 97.3 Å². The molecule has 0 bridgehead atoms. The first-order valence-electron chi connectivity index (χ1n) is 6.00. The summed E-state index contributed by atoms with van der Waals surface area (Å²) < 4.78 is 0. The number of hydrogen-bond donors (Lipinski definition) is 0. The summed E-state index contributed by atoms with van der Waals surface area (Å²) in [5, 5.41) is 0. The van der Waals surface area contributed by atoms with Gasteiger partial charge >= 0.3 is 0 Å². The largest absolute Gasteiger partial charge is 0.306 e. The Hall–Kier alpha value is -1.15. The highest BCUT2D eigenvalue weighted by atomic mass is 16.1. The third kappa shape index (κ3) is 2.92. The molecular weight excluding hydrogens is 198 g/mol. The second-order valence-corrected chi connectivity index (χ2v) is 4.81. The fourth-order valence-electron chi connectivity index (χ4n) is 2.39. The summed E-state index contributed by atoms with van der Waals surface area (Å²) in [4.78, 5) is 13.1. The van der Waals surface area contributed by atoms with Gasteiger partial charge in [-0.3, -0.25) is 4.79 Å². The first-order chi connectivity index (χ1) is 7.78. The molecule has 1 saturated heterocycles. The topological polar surface area (TPSA) is 20.3 Å². The average molecular weight is 217 g/mol. The summed E-state index contributed by atoms with van der Waals surface area (Å²) in [7, 11) is 2.18. The van der Waals surface area contributed by atoms with Crippen molar-refractivity contribution in [2.45, 2.75) is 19.3 Å². The van der Waals surface area contributed by atoms with Crippen molar-refractivity contribution in [3.8, 4) is 0 Å². The van der Waals surface area contributed by atoms with Gasteiger partial charge in [-0.25, -0.2) is 0 Å². The van der Waals surface area contributed by atoms with Crippen LogP contribution in [-0.2, 0) is 6.42 Å². The van der Waals surface area contributed by atoms with Crippen LogP contribution < -0.4 is 0 Å². The van der Waals surface area contributed by atoms with Gasteiger partial charge in [0.1, 0.15) is 6.29 Å². The number of hydrogen-bond acceptors (Lipinski definition) is 2. The molecule has 1 aromatic carbocycles. The van der Waals surface area contributed by atoms with Gasteiger partial charge in [-0.1, -0.05) is 18.2 Å². The number of aldehydes is 1. The number of benzene rings is 1. The first-order valence-corrected chi connectivity index (χ1v) is 6.00. The molecular formula is C14H19NO. The summed E-state index contributed by atoms with van der Waals surface area (Å²) >= 11 is 0. The lowest BCUT2D eigenvalue weighted by atomic mass is 9.90. The molecule has 86 valence electrons. The second-order valence-electron chi connectivity index (χ2n) is 4.81. The van der Waals surface area contributed by atoms with Crippen molar-refractivity contribution >= 4 is 6.29 Å². The normalized spacial score (nSPS) is 18.6. The van der Waals surface area contributed by atoms with Gasteiger partial charge in [0.25, 0.3) is 0 Å². The van der Waals surface area contributed by atoms with Crippen LogP contribution in [0.3, 0.4) is 0 Å². The molecule has 0 spiro atoms. The number of carbonyl (C=O) groups excluding carboxylic acids is 1. The Kier molecular flexibility index (Phi) is 3.73. The zero-order valence-electron chi connectivity index (χ0n) is 9.86. The van der Waals surface area contributed by atoms with E-state index in [1.807, 2.05) is 18.2 Å². The lowest BCUT2D eigenvalue weighted by Crippen LogP contribution is -2.30. The first kappa shape index (κ1) is 11.3. The lowest BCUT2D eigenvalue weighted by molar-refractivity contribution is 0.112. The fourth-order valence-corrected chi connectivity index (χ4v) is 2.39. The maximum atomic E-state index is 10.7. The second kappa shape index (κ2) is 5.26. The monoisotopic (exact) mass is 217 g/mol. The fraction of sp³-hybridized carbons (Fsp3) is 0.500. The minimum atomic E-state index is 0.790. The number of rotatable bonds is 3. The van der Waals surface area contributed by atoms with Crippen molar-refractivity contribution in [1.29, 1.82) is 0 Å². The highest BCUT2D eigenvalue weighted by molar-refractivity contribution is 5.74. The molecule has 0 N–H and O–H groups in total. The highest BCUT2D eigenvalue weighted by Gasteiger charge is 2.16. The molecule has 16 heavy (non-hydrogen) atoms. The number of piperidine rings is 1. The molecule has 0 atom stereocenters. The lowest BCUT2D eigenvalue weighted by Gasteiger charge is -2.28. The Morgan fingerprint density at radius 1 is 1.38 bits per heavy atom. The van der Waals surface area contributed by atoms with Crippen molar-refractivity contribution in [1.82, 2.24) is 4.90 Å². The van der Waals surface area contributed by atoms with E-state index in [0.29, 0.717) is 0 Å². The maximum Gasteiger partial charge on any atom is 0.150 e. The van der Waals surface area contributed by atoms with Crippen LogP contribution in [0, 0.1) is 5.92 Å². The molecule has 2 rings (SSSR count). The predicted octanol–water partition coefficient (Wildman–Crippen LogP) is 2.38. The van der Waals surface area contributed by atoms with E-state index in [2.05, 4.69) is 18.0 Å². The number of carbonyl (C=O) groups is 1. The molecule has 0 saturated carbocycles. The summed E-state index contributed by atoms with van der Waals surface area (Å²) in [5.41, 5.74) is 2.10. The molecule has 1 aromatic rings. The van der Waals surface area contributed by atoms with Gasteiger partial charge in [0, 0.05) is 5.56 Å². The van der Waals surface area contributed by atoms with E-state index in [1.165, 1.54) is 31.5 Å². The molecule has 1 heterocycles. The smallest absolute Gasteiger partial charge is 0.150 e. The van der Waals surface area contributed by atoms with Gasteiger partial charge in [-0.05, 0) is 56.9 Å². The van der Waals surface area contributed by atoms with Gasteiger partial charge in [0.05, 0.1) is 0 Å². The Balaban J connectivity index is 1.95. The van der Waals surface area contributed by atoms with Crippen LogP contribution in [0.4, 0.5) is 0 Å². The van der Waals surface area contributed by atoms with E-state index in [-0.39, 0.29) is 0 Å². The molecule has 0 aliphatic carbocycles. The Morgan fingerprint density at radius 2 is 2.12 bits per heavy atom. The Bertz CT molecular complexity index is 354.